The summed E-state index contributed by atoms with van der Waals surface area (Å²) in [5, 5.41) is 1.74. The van der Waals surface area contributed by atoms with E-state index in [4.69, 9.17) is 4.42 Å². The zero-order valence-electron chi connectivity index (χ0n) is 27.8. The number of hydrogen-bond donors (Lipinski definition) is 0. The zero-order chi connectivity index (χ0) is 33.8. The monoisotopic (exact) mass is 676 g/mol. The Balaban J connectivity index is 1.55. The third kappa shape index (κ3) is 6.92. The summed E-state index contributed by atoms with van der Waals surface area (Å²) >= 11 is 1.85. The average molecular weight is 677 g/mol. The van der Waals surface area contributed by atoms with Crippen molar-refractivity contribution in [3.63, 3.8) is 0 Å². The Kier molecular flexibility index (Phi) is 10.1. The Morgan fingerprint density at radius 2 is 1.50 bits per heavy atom. The molecule has 2 aliphatic rings. The van der Waals surface area contributed by atoms with Crippen molar-refractivity contribution in [1.29, 1.82) is 0 Å². The molecule has 0 amide bonds. The number of rotatable bonds is 11. The van der Waals surface area contributed by atoms with Crippen LogP contribution in [0.25, 0.3) is 33.4 Å². The fourth-order valence-electron chi connectivity index (χ4n) is 6.53. The molecule has 1 heterocycles. The molecule has 246 valence electrons. The number of anilines is 2. The molecule has 8 heteroatoms. The van der Waals surface area contributed by atoms with E-state index in [1.807, 2.05) is 48.2 Å². The molecular weight excluding hydrogens is 637 g/mol. The van der Waals surface area contributed by atoms with Gasteiger partial charge in [0.1, 0.15) is 34.6 Å². The van der Waals surface area contributed by atoms with E-state index in [0.717, 1.165) is 59.5 Å². The van der Waals surface area contributed by atoms with Crippen molar-refractivity contribution in [3.05, 3.63) is 126 Å². The maximum absolute atomic E-state index is 12.5. The van der Waals surface area contributed by atoms with Gasteiger partial charge in [0.15, 0.2) is 0 Å². The van der Waals surface area contributed by atoms with E-state index in [0.29, 0.717) is 22.5 Å². The summed E-state index contributed by atoms with van der Waals surface area (Å²) in [5.41, 5.74) is 6.88. The molecule has 0 N–H and O–H groups in total. The van der Waals surface area contributed by atoms with Crippen molar-refractivity contribution >= 4 is 44.2 Å². The highest BCUT2D eigenvalue weighted by Crippen LogP contribution is 2.44. The molecule has 0 atom stereocenters. The first-order valence-electron chi connectivity index (χ1n) is 16.3. The van der Waals surface area contributed by atoms with Crippen LogP contribution in [0.15, 0.2) is 123 Å². The fourth-order valence-corrected chi connectivity index (χ4v) is 8.08. The van der Waals surface area contributed by atoms with Gasteiger partial charge in [-0.2, -0.15) is 0 Å². The Labute approximate surface area is 287 Å². The summed E-state index contributed by atoms with van der Waals surface area (Å²) in [7, 11) is -4.75. The molecule has 0 radical (unpaired) electrons. The van der Waals surface area contributed by atoms with Gasteiger partial charge in [0.25, 0.3) is 0 Å². The second-order valence-electron chi connectivity index (χ2n) is 11.9. The van der Waals surface area contributed by atoms with Crippen LogP contribution in [0.5, 0.6) is 0 Å². The molecule has 0 saturated carbocycles. The lowest BCUT2D eigenvalue weighted by Crippen LogP contribution is -2.29. The van der Waals surface area contributed by atoms with Crippen LogP contribution in [0.3, 0.4) is 0 Å². The highest BCUT2D eigenvalue weighted by molar-refractivity contribution is 7.99. The molecule has 48 heavy (non-hydrogen) atoms. The lowest BCUT2D eigenvalue weighted by Gasteiger charge is -2.29. The molecule has 0 unspecified atom stereocenters. The second-order valence-corrected chi connectivity index (χ2v) is 14.4. The number of aryl methyl sites for hydroxylation is 2. The molecule has 0 saturated heterocycles. The minimum absolute atomic E-state index is 0.247. The average Bonchev–Trinajstić information content (AvgIpc) is 3.08. The molecular formula is C40H40N2O4S2. The largest absolute Gasteiger partial charge is 0.744 e. The quantitative estimate of drug-likeness (QED) is 0.0449. The summed E-state index contributed by atoms with van der Waals surface area (Å²) in [5.74, 6) is 1.59. The first-order valence-corrected chi connectivity index (χ1v) is 18.7. The molecule has 0 aromatic heterocycles. The minimum Gasteiger partial charge on any atom is -0.744 e. The first-order chi connectivity index (χ1) is 23.2. The van der Waals surface area contributed by atoms with Crippen LogP contribution >= 0.6 is 11.8 Å². The van der Waals surface area contributed by atoms with Gasteiger partial charge in [-0.3, -0.25) is 0 Å². The molecule has 6 rings (SSSR count). The van der Waals surface area contributed by atoms with E-state index in [1.54, 1.807) is 18.2 Å². The first kappa shape index (κ1) is 33.5. The normalized spacial score (nSPS) is 11.7. The summed E-state index contributed by atoms with van der Waals surface area (Å²) < 4.78 is 46.5. The molecule has 0 spiro atoms. The third-order valence-corrected chi connectivity index (χ3v) is 10.8. The van der Waals surface area contributed by atoms with Gasteiger partial charge in [-0.1, -0.05) is 54.6 Å². The third-order valence-electron chi connectivity index (χ3n) is 8.80. The number of fused-ring (bicyclic) bond motifs is 2. The SMILES string of the molecule is CC[N+](CC)=c1ccc2c(-c3ccccc3S(=O)(=O)[O-])c3ccc(N(CCCSc4ccccc4)c4c(C)cccc4C)cc3oc-2c1. The van der Waals surface area contributed by atoms with Gasteiger partial charge in [-0.25, -0.2) is 13.0 Å². The summed E-state index contributed by atoms with van der Waals surface area (Å²) in [6, 6.07) is 35.4. The van der Waals surface area contributed by atoms with E-state index in [2.05, 4.69) is 85.7 Å². The lowest BCUT2D eigenvalue weighted by atomic mass is 9.93. The Morgan fingerprint density at radius 1 is 0.792 bits per heavy atom. The highest BCUT2D eigenvalue weighted by Gasteiger charge is 2.23. The van der Waals surface area contributed by atoms with Crippen molar-refractivity contribution in [1.82, 2.24) is 4.58 Å². The van der Waals surface area contributed by atoms with Crippen molar-refractivity contribution in [2.24, 2.45) is 0 Å². The van der Waals surface area contributed by atoms with Crippen LogP contribution in [0.1, 0.15) is 31.4 Å². The predicted octanol–water partition coefficient (Wildman–Crippen LogP) is 8.86. The molecule has 1 aliphatic carbocycles. The number of thioether (sulfide) groups is 1. The molecule has 0 bridgehead atoms. The van der Waals surface area contributed by atoms with Crippen LogP contribution in [-0.4, -0.2) is 38.4 Å². The van der Waals surface area contributed by atoms with E-state index < -0.39 is 10.1 Å². The molecule has 0 fully saturated rings. The van der Waals surface area contributed by atoms with Gasteiger partial charge in [0.2, 0.25) is 5.36 Å². The van der Waals surface area contributed by atoms with Crippen molar-refractivity contribution < 1.29 is 17.4 Å². The Hall–Kier alpha value is -4.37. The second kappa shape index (κ2) is 14.4. The number of nitrogens with zero attached hydrogens (tertiary/aromatic N) is 2. The fraction of sp³-hybridized carbons (Fsp3) is 0.225. The Morgan fingerprint density at radius 3 is 2.21 bits per heavy atom. The molecule has 6 nitrogen and oxygen atoms in total. The lowest BCUT2D eigenvalue weighted by molar-refractivity contribution is 0.463. The van der Waals surface area contributed by atoms with Gasteiger partial charge in [0.05, 0.1) is 11.0 Å². The summed E-state index contributed by atoms with van der Waals surface area (Å²) in [6.45, 7) is 11.0. The van der Waals surface area contributed by atoms with Crippen LogP contribution < -0.4 is 14.8 Å². The van der Waals surface area contributed by atoms with E-state index in [9.17, 15) is 13.0 Å². The highest BCUT2D eigenvalue weighted by atomic mass is 32.2. The topological polar surface area (TPSA) is 76.6 Å². The van der Waals surface area contributed by atoms with E-state index >= 15 is 0 Å². The molecule has 1 aliphatic heterocycles. The van der Waals surface area contributed by atoms with Crippen molar-refractivity contribution in [3.8, 4) is 22.5 Å². The minimum atomic E-state index is -4.75. The summed E-state index contributed by atoms with van der Waals surface area (Å²) in [6.07, 6.45) is 0.952. The van der Waals surface area contributed by atoms with Crippen LogP contribution in [0.4, 0.5) is 11.4 Å². The maximum atomic E-state index is 12.5. The maximum Gasteiger partial charge on any atom is 0.203 e. The van der Waals surface area contributed by atoms with Gasteiger partial charge in [-0.15, -0.1) is 11.8 Å². The number of para-hydroxylation sites is 1. The smallest absolute Gasteiger partial charge is 0.203 e. The van der Waals surface area contributed by atoms with Crippen LogP contribution in [0, 0.1) is 13.8 Å². The van der Waals surface area contributed by atoms with E-state index in [-0.39, 0.29) is 4.90 Å². The Bertz CT molecular complexity index is 2200. The van der Waals surface area contributed by atoms with Crippen LogP contribution in [-0.2, 0) is 10.1 Å². The van der Waals surface area contributed by atoms with Crippen LogP contribution in [0.2, 0.25) is 0 Å². The van der Waals surface area contributed by atoms with Gasteiger partial charge < -0.3 is 13.9 Å². The zero-order valence-corrected chi connectivity index (χ0v) is 29.4. The number of hydrogen-bond acceptors (Lipinski definition) is 6. The van der Waals surface area contributed by atoms with E-state index in [1.165, 1.54) is 22.1 Å². The van der Waals surface area contributed by atoms with Crippen molar-refractivity contribution in [2.45, 2.75) is 43.9 Å². The van der Waals surface area contributed by atoms with Gasteiger partial charge in [-0.05, 0) is 87.4 Å². The molecule has 4 aromatic rings. The molecule has 4 aromatic carbocycles. The summed E-state index contributed by atoms with van der Waals surface area (Å²) in [4.78, 5) is 3.37. The van der Waals surface area contributed by atoms with Gasteiger partial charge in [0, 0.05) is 57.0 Å². The standard InChI is InChI=1S/C40H40N2O4S2/c1-5-41(6-2)30-20-22-33-36(26-30)46-37-27-31(21-23-34(37)39(33)35-18-10-11-19-38(35)48(43,44)45)42(40-28(3)14-12-15-29(40)4)24-13-25-47-32-16-8-7-9-17-32/h7-12,14-23,26-27H,5-6,13,24-25H2,1-4H3. The van der Waals surface area contributed by atoms with Gasteiger partial charge >= 0.3 is 0 Å². The van der Waals surface area contributed by atoms with Crippen molar-refractivity contribution in [2.75, 3.05) is 30.3 Å². The number of benzene rings is 5. The predicted molar refractivity (Wildman–Crippen MR) is 197 cm³/mol.